The Hall–Kier alpha value is -1.84. The van der Waals surface area contributed by atoms with E-state index >= 15 is 0 Å². The minimum absolute atomic E-state index is 0.0132. The summed E-state index contributed by atoms with van der Waals surface area (Å²) in [5.74, 6) is -0.179. The van der Waals surface area contributed by atoms with E-state index in [1.54, 1.807) is 6.07 Å². The van der Waals surface area contributed by atoms with Gasteiger partial charge in [-0.1, -0.05) is 18.2 Å². The van der Waals surface area contributed by atoms with Gasteiger partial charge in [0.2, 0.25) is 0 Å². The van der Waals surface area contributed by atoms with Crippen LogP contribution in [0.1, 0.15) is 51.2 Å². The van der Waals surface area contributed by atoms with Crippen molar-refractivity contribution in [2.24, 2.45) is 0 Å². The van der Waals surface area contributed by atoms with Crippen molar-refractivity contribution in [3.8, 4) is 0 Å². The third kappa shape index (κ3) is 3.26. The number of aryl methyl sites for hydroxylation is 1. The first-order chi connectivity index (χ1) is 10.7. The summed E-state index contributed by atoms with van der Waals surface area (Å²) in [6, 6.07) is 5.47. The highest BCUT2D eigenvalue weighted by Gasteiger charge is 2.41. The number of hydrogen-bond acceptors (Lipinski definition) is 2. The van der Waals surface area contributed by atoms with E-state index in [1.165, 1.54) is 0 Å². The summed E-state index contributed by atoms with van der Waals surface area (Å²) in [7, 11) is 0. The molecule has 23 heavy (non-hydrogen) atoms. The van der Waals surface area contributed by atoms with Gasteiger partial charge in [-0.05, 0) is 64.2 Å². The lowest BCUT2D eigenvalue weighted by molar-refractivity contribution is 0.0175. The summed E-state index contributed by atoms with van der Waals surface area (Å²) in [5.41, 5.74) is 2.09. The third-order valence-electron chi connectivity index (χ3n) is 4.47. The molecule has 2 bridgehead atoms. The first-order valence-corrected chi connectivity index (χ1v) is 8.23. The van der Waals surface area contributed by atoms with Gasteiger partial charge >= 0.3 is 6.09 Å². The maximum atomic E-state index is 14.2. The average Bonchev–Trinajstić information content (AvgIpc) is 2.68. The number of ether oxygens (including phenoxy) is 1. The van der Waals surface area contributed by atoms with Crippen LogP contribution in [0.4, 0.5) is 9.18 Å². The van der Waals surface area contributed by atoms with Crippen molar-refractivity contribution < 1.29 is 13.9 Å². The standard InChI is InChI=1S/C19H24FNO2/c1-12-5-8-16(17(20)9-12)13-10-14-6-7-15(11-13)21(14)18(22)23-19(2,3)4/h5,8-10,14-15H,6-7,11H2,1-4H3. The van der Waals surface area contributed by atoms with E-state index in [0.717, 1.165) is 24.0 Å². The van der Waals surface area contributed by atoms with E-state index in [2.05, 4.69) is 0 Å². The monoisotopic (exact) mass is 317 g/mol. The van der Waals surface area contributed by atoms with Gasteiger partial charge in [0.15, 0.2) is 0 Å². The number of nitrogens with zero attached hydrogens (tertiary/aromatic N) is 1. The van der Waals surface area contributed by atoms with E-state index in [0.29, 0.717) is 12.0 Å². The summed E-state index contributed by atoms with van der Waals surface area (Å²) in [6.07, 6.45) is 4.33. The lowest BCUT2D eigenvalue weighted by atomic mass is 9.94. The molecule has 3 nitrogen and oxygen atoms in total. The van der Waals surface area contributed by atoms with Crippen LogP contribution in [0.25, 0.3) is 5.57 Å². The van der Waals surface area contributed by atoms with Crippen molar-refractivity contribution in [1.82, 2.24) is 4.90 Å². The molecule has 0 saturated carbocycles. The normalized spacial score (nSPS) is 23.7. The van der Waals surface area contributed by atoms with E-state index in [1.807, 2.05) is 50.8 Å². The summed E-state index contributed by atoms with van der Waals surface area (Å²) in [6.45, 7) is 7.51. The van der Waals surface area contributed by atoms with Gasteiger partial charge in [0.05, 0.1) is 6.04 Å². The zero-order valence-corrected chi connectivity index (χ0v) is 14.2. The third-order valence-corrected chi connectivity index (χ3v) is 4.47. The predicted molar refractivity (Wildman–Crippen MR) is 88.6 cm³/mol. The van der Waals surface area contributed by atoms with E-state index < -0.39 is 5.60 Å². The first kappa shape index (κ1) is 16.0. The number of carbonyl (C=O) groups excluding carboxylic acids is 1. The summed E-state index contributed by atoms with van der Waals surface area (Å²) in [5, 5.41) is 0. The highest BCUT2D eigenvalue weighted by molar-refractivity contribution is 5.75. The molecule has 3 rings (SSSR count). The molecule has 1 fully saturated rings. The second-order valence-electron chi connectivity index (χ2n) is 7.57. The van der Waals surface area contributed by atoms with Crippen molar-refractivity contribution in [2.75, 3.05) is 0 Å². The zero-order chi connectivity index (χ0) is 16.8. The van der Waals surface area contributed by atoms with Gasteiger partial charge < -0.3 is 4.74 Å². The van der Waals surface area contributed by atoms with Gasteiger partial charge in [-0.3, -0.25) is 4.90 Å². The van der Waals surface area contributed by atoms with Gasteiger partial charge in [0, 0.05) is 11.6 Å². The fourth-order valence-corrected chi connectivity index (χ4v) is 3.51. The molecule has 2 aliphatic heterocycles. The average molecular weight is 317 g/mol. The lowest BCUT2D eigenvalue weighted by Gasteiger charge is -2.35. The van der Waals surface area contributed by atoms with Crippen LogP contribution in [0.2, 0.25) is 0 Å². The molecule has 1 saturated heterocycles. The Morgan fingerprint density at radius 2 is 2.04 bits per heavy atom. The van der Waals surface area contributed by atoms with Crippen LogP contribution in [0.15, 0.2) is 24.3 Å². The fourth-order valence-electron chi connectivity index (χ4n) is 3.51. The molecule has 0 N–H and O–H groups in total. The van der Waals surface area contributed by atoms with Gasteiger partial charge in [0.1, 0.15) is 11.4 Å². The molecular weight excluding hydrogens is 293 g/mol. The number of carbonyl (C=O) groups is 1. The second-order valence-corrected chi connectivity index (χ2v) is 7.57. The fraction of sp³-hybridized carbons (Fsp3) is 0.526. The Labute approximate surface area is 137 Å². The quantitative estimate of drug-likeness (QED) is 0.752. The van der Waals surface area contributed by atoms with E-state index in [9.17, 15) is 9.18 Å². The minimum atomic E-state index is -0.496. The molecule has 0 aromatic heterocycles. The van der Waals surface area contributed by atoms with Gasteiger partial charge in [0.25, 0.3) is 0 Å². The Kier molecular flexibility index (Phi) is 3.95. The number of rotatable bonds is 1. The molecule has 2 heterocycles. The van der Waals surface area contributed by atoms with Crippen molar-refractivity contribution in [3.63, 3.8) is 0 Å². The molecule has 0 aliphatic carbocycles. The number of hydrogen-bond donors (Lipinski definition) is 0. The van der Waals surface area contributed by atoms with Crippen LogP contribution < -0.4 is 0 Å². The van der Waals surface area contributed by atoms with Gasteiger partial charge in [-0.25, -0.2) is 9.18 Å². The van der Waals surface area contributed by atoms with Gasteiger partial charge in [-0.15, -0.1) is 0 Å². The van der Waals surface area contributed by atoms with Crippen LogP contribution in [-0.4, -0.2) is 28.7 Å². The summed E-state index contributed by atoms with van der Waals surface area (Å²) >= 11 is 0. The molecule has 1 aromatic rings. The highest BCUT2D eigenvalue weighted by atomic mass is 19.1. The van der Waals surface area contributed by atoms with Crippen LogP contribution in [-0.2, 0) is 4.74 Å². The van der Waals surface area contributed by atoms with Crippen LogP contribution in [0.5, 0.6) is 0 Å². The summed E-state index contributed by atoms with van der Waals surface area (Å²) < 4.78 is 19.8. The maximum absolute atomic E-state index is 14.2. The first-order valence-electron chi connectivity index (χ1n) is 8.23. The van der Waals surface area contributed by atoms with E-state index in [-0.39, 0.29) is 24.0 Å². The van der Waals surface area contributed by atoms with Crippen molar-refractivity contribution in [2.45, 2.75) is 64.6 Å². The maximum Gasteiger partial charge on any atom is 0.411 e. The van der Waals surface area contributed by atoms with Crippen LogP contribution >= 0.6 is 0 Å². The minimum Gasteiger partial charge on any atom is -0.444 e. The van der Waals surface area contributed by atoms with Crippen LogP contribution in [0.3, 0.4) is 0 Å². The molecule has 124 valence electrons. The number of fused-ring (bicyclic) bond motifs is 2. The number of amides is 1. The van der Waals surface area contributed by atoms with Crippen molar-refractivity contribution in [3.05, 3.63) is 41.2 Å². The Morgan fingerprint density at radius 3 is 2.65 bits per heavy atom. The SMILES string of the molecule is Cc1ccc(C2=CC3CCC(C2)N3C(=O)OC(C)(C)C)c(F)c1. The molecule has 0 radical (unpaired) electrons. The molecule has 1 aromatic carbocycles. The molecule has 2 aliphatic rings. The largest absolute Gasteiger partial charge is 0.444 e. The molecule has 4 heteroatoms. The smallest absolute Gasteiger partial charge is 0.411 e. The molecular formula is C19H24FNO2. The molecule has 2 unspecified atom stereocenters. The number of halogens is 1. The van der Waals surface area contributed by atoms with Crippen molar-refractivity contribution >= 4 is 11.7 Å². The number of benzene rings is 1. The second kappa shape index (κ2) is 5.66. The molecule has 0 spiro atoms. The zero-order valence-electron chi connectivity index (χ0n) is 14.2. The topological polar surface area (TPSA) is 29.5 Å². The lowest BCUT2D eigenvalue weighted by Crippen LogP contribution is -2.45. The van der Waals surface area contributed by atoms with Gasteiger partial charge in [-0.2, -0.15) is 0 Å². The Balaban J connectivity index is 1.84. The predicted octanol–water partition coefficient (Wildman–Crippen LogP) is 4.69. The molecule has 2 atom stereocenters. The Morgan fingerprint density at radius 1 is 1.30 bits per heavy atom. The van der Waals surface area contributed by atoms with Crippen molar-refractivity contribution in [1.29, 1.82) is 0 Å². The summed E-state index contributed by atoms with van der Waals surface area (Å²) in [4.78, 5) is 14.3. The highest BCUT2D eigenvalue weighted by Crippen LogP contribution is 2.39. The molecule has 1 amide bonds. The van der Waals surface area contributed by atoms with E-state index in [4.69, 9.17) is 4.74 Å². The van der Waals surface area contributed by atoms with Crippen LogP contribution in [0, 0.1) is 12.7 Å². The Bertz CT molecular complexity index is 660.